The zero-order valence-electron chi connectivity index (χ0n) is 12.5. The topological polar surface area (TPSA) is 34.1 Å². The number of nitrogens with one attached hydrogen (secondary N) is 1. The normalized spacial score (nSPS) is 10.6. The van der Waals surface area contributed by atoms with Crippen LogP contribution in [0.1, 0.15) is 11.3 Å². The summed E-state index contributed by atoms with van der Waals surface area (Å²) in [4.78, 5) is 4.58. The van der Waals surface area contributed by atoms with Crippen LogP contribution in [0.4, 0.5) is 11.4 Å². The second-order valence-corrected chi connectivity index (χ2v) is 5.19. The van der Waals surface area contributed by atoms with E-state index in [9.17, 15) is 0 Å². The number of hydrogen-bond acceptors (Lipinski definition) is 3. The third kappa shape index (κ3) is 2.82. The van der Waals surface area contributed by atoms with Gasteiger partial charge in [0.1, 0.15) is 5.75 Å². The van der Waals surface area contributed by atoms with E-state index in [0.29, 0.717) is 0 Å². The molecule has 0 atom stereocenters. The van der Waals surface area contributed by atoms with Crippen LogP contribution in [-0.4, -0.2) is 12.1 Å². The molecule has 0 bridgehead atoms. The Balaban J connectivity index is 2.06. The zero-order chi connectivity index (χ0) is 14.8. The summed E-state index contributed by atoms with van der Waals surface area (Å²) < 4.78 is 5.27. The number of anilines is 2. The first-order valence-corrected chi connectivity index (χ1v) is 6.95. The van der Waals surface area contributed by atoms with Gasteiger partial charge in [-0.05, 0) is 44.2 Å². The van der Waals surface area contributed by atoms with Crippen LogP contribution in [0.2, 0.25) is 0 Å². The lowest BCUT2D eigenvalue weighted by Crippen LogP contribution is -1.95. The summed E-state index contributed by atoms with van der Waals surface area (Å²) in [5, 5.41) is 4.56. The van der Waals surface area contributed by atoms with Crippen molar-refractivity contribution in [2.24, 2.45) is 0 Å². The summed E-state index contributed by atoms with van der Waals surface area (Å²) in [6.45, 7) is 4.08. The second kappa shape index (κ2) is 5.44. The fourth-order valence-electron chi connectivity index (χ4n) is 2.36. The van der Waals surface area contributed by atoms with Crippen LogP contribution in [-0.2, 0) is 0 Å². The molecule has 0 saturated carbocycles. The Labute approximate surface area is 124 Å². The molecule has 1 aromatic heterocycles. The number of fused-ring (bicyclic) bond motifs is 1. The minimum atomic E-state index is 0.821. The van der Waals surface area contributed by atoms with Gasteiger partial charge < -0.3 is 10.1 Å². The van der Waals surface area contributed by atoms with Crippen molar-refractivity contribution in [3.05, 3.63) is 59.8 Å². The standard InChI is InChI=1S/C18H18N2O/c1-12-4-6-14(7-5-12)20-17-10-13(2)19-18-11-15(21-3)8-9-16(17)18/h4-11H,1-3H3,(H,19,20). The molecule has 0 aliphatic heterocycles. The lowest BCUT2D eigenvalue weighted by Gasteiger charge is -2.12. The van der Waals surface area contributed by atoms with E-state index in [2.05, 4.69) is 47.6 Å². The predicted molar refractivity (Wildman–Crippen MR) is 87.5 cm³/mol. The van der Waals surface area contributed by atoms with E-state index in [1.54, 1.807) is 7.11 Å². The maximum Gasteiger partial charge on any atom is 0.121 e. The van der Waals surface area contributed by atoms with Crippen molar-refractivity contribution in [2.45, 2.75) is 13.8 Å². The molecule has 0 saturated heterocycles. The van der Waals surface area contributed by atoms with Gasteiger partial charge in [0.2, 0.25) is 0 Å². The Kier molecular flexibility index (Phi) is 3.48. The summed E-state index contributed by atoms with van der Waals surface area (Å²) in [5.41, 5.74) is 5.29. The van der Waals surface area contributed by atoms with Gasteiger partial charge >= 0.3 is 0 Å². The fourth-order valence-corrected chi connectivity index (χ4v) is 2.36. The van der Waals surface area contributed by atoms with Crippen molar-refractivity contribution in [1.29, 1.82) is 0 Å². The largest absolute Gasteiger partial charge is 0.497 e. The number of ether oxygens (including phenoxy) is 1. The molecule has 3 aromatic rings. The smallest absolute Gasteiger partial charge is 0.121 e. The van der Waals surface area contributed by atoms with Crippen molar-refractivity contribution in [2.75, 3.05) is 12.4 Å². The average molecular weight is 278 g/mol. The number of rotatable bonds is 3. The molecule has 0 aliphatic carbocycles. The van der Waals surface area contributed by atoms with Gasteiger partial charge in [0.25, 0.3) is 0 Å². The van der Waals surface area contributed by atoms with Crippen molar-refractivity contribution in [3.63, 3.8) is 0 Å². The summed E-state index contributed by atoms with van der Waals surface area (Å²) in [7, 11) is 1.67. The Morgan fingerprint density at radius 2 is 1.71 bits per heavy atom. The number of aryl methyl sites for hydroxylation is 2. The lowest BCUT2D eigenvalue weighted by atomic mass is 10.1. The van der Waals surface area contributed by atoms with E-state index in [-0.39, 0.29) is 0 Å². The minimum absolute atomic E-state index is 0.821. The molecular formula is C18H18N2O. The van der Waals surface area contributed by atoms with Gasteiger partial charge in [-0.3, -0.25) is 4.98 Å². The van der Waals surface area contributed by atoms with Crippen molar-refractivity contribution in [3.8, 4) is 5.75 Å². The highest BCUT2D eigenvalue weighted by atomic mass is 16.5. The van der Waals surface area contributed by atoms with Crippen LogP contribution in [0.5, 0.6) is 5.75 Å². The minimum Gasteiger partial charge on any atom is -0.497 e. The molecule has 2 aromatic carbocycles. The highest BCUT2D eigenvalue weighted by molar-refractivity contribution is 5.94. The zero-order valence-corrected chi connectivity index (χ0v) is 12.5. The van der Waals surface area contributed by atoms with Crippen LogP contribution in [0.25, 0.3) is 10.9 Å². The first-order valence-electron chi connectivity index (χ1n) is 6.95. The van der Waals surface area contributed by atoms with Gasteiger partial charge in [0, 0.05) is 28.5 Å². The Morgan fingerprint density at radius 3 is 2.43 bits per heavy atom. The van der Waals surface area contributed by atoms with Crippen LogP contribution in [0.15, 0.2) is 48.5 Å². The van der Waals surface area contributed by atoms with E-state index in [0.717, 1.165) is 33.7 Å². The van der Waals surface area contributed by atoms with E-state index in [4.69, 9.17) is 4.74 Å². The number of benzene rings is 2. The first kappa shape index (κ1) is 13.4. The van der Waals surface area contributed by atoms with Crippen molar-refractivity contribution >= 4 is 22.3 Å². The number of hydrogen-bond donors (Lipinski definition) is 1. The quantitative estimate of drug-likeness (QED) is 0.760. The Bertz CT molecular complexity index is 779. The molecule has 0 unspecified atom stereocenters. The molecule has 0 spiro atoms. The van der Waals surface area contributed by atoms with Gasteiger partial charge in [-0.1, -0.05) is 17.7 Å². The fraction of sp³-hybridized carbons (Fsp3) is 0.167. The average Bonchev–Trinajstić information content (AvgIpc) is 2.48. The predicted octanol–water partition coefficient (Wildman–Crippen LogP) is 4.60. The molecular weight excluding hydrogens is 260 g/mol. The molecule has 106 valence electrons. The molecule has 21 heavy (non-hydrogen) atoms. The maximum atomic E-state index is 5.27. The van der Waals surface area contributed by atoms with Gasteiger partial charge in [-0.25, -0.2) is 0 Å². The molecule has 3 heteroatoms. The monoisotopic (exact) mass is 278 g/mol. The number of pyridine rings is 1. The SMILES string of the molecule is COc1ccc2c(Nc3ccc(C)cc3)cc(C)nc2c1. The van der Waals surface area contributed by atoms with E-state index in [1.807, 2.05) is 25.1 Å². The molecule has 0 aliphatic rings. The summed E-state index contributed by atoms with van der Waals surface area (Å²) >= 11 is 0. The third-order valence-corrected chi connectivity index (χ3v) is 3.48. The van der Waals surface area contributed by atoms with Crippen LogP contribution in [0, 0.1) is 13.8 Å². The molecule has 0 radical (unpaired) electrons. The van der Waals surface area contributed by atoms with Crippen LogP contribution >= 0.6 is 0 Å². The summed E-state index contributed by atoms with van der Waals surface area (Å²) in [6, 6.07) is 16.4. The van der Waals surface area contributed by atoms with E-state index < -0.39 is 0 Å². The van der Waals surface area contributed by atoms with Gasteiger partial charge in [-0.15, -0.1) is 0 Å². The van der Waals surface area contributed by atoms with E-state index >= 15 is 0 Å². The third-order valence-electron chi connectivity index (χ3n) is 3.48. The number of aromatic nitrogens is 1. The molecule has 1 N–H and O–H groups in total. The molecule has 0 fully saturated rings. The first-order chi connectivity index (χ1) is 10.2. The van der Waals surface area contributed by atoms with Crippen molar-refractivity contribution < 1.29 is 4.74 Å². The summed E-state index contributed by atoms with van der Waals surface area (Å²) in [5.74, 6) is 0.821. The Hall–Kier alpha value is -2.55. The van der Waals surface area contributed by atoms with Gasteiger partial charge in [-0.2, -0.15) is 0 Å². The summed E-state index contributed by atoms with van der Waals surface area (Å²) in [6.07, 6.45) is 0. The second-order valence-electron chi connectivity index (χ2n) is 5.19. The molecule has 3 nitrogen and oxygen atoms in total. The molecule has 3 rings (SSSR count). The lowest BCUT2D eigenvalue weighted by molar-refractivity contribution is 0.415. The van der Waals surface area contributed by atoms with Crippen LogP contribution < -0.4 is 10.1 Å². The molecule has 1 heterocycles. The van der Waals surface area contributed by atoms with E-state index in [1.165, 1.54) is 5.56 Å². The van der Waals surface area contributed by atoms with Crippen molar-refractivity contribution in [1.82, 2.24) is 4.98 Å². The maximum absolute atomic E-state index is 5.27. The highest BCUT2D eigenvalue weighted by Crippen LogP contribution is 2.29. The highest BCUT2D eigenvalue weighted by Gasteiger charge is 2.06. The van der Waals surface area contributed by atoms with Gasteiger partial charge in [0.15, 0.2) is 0 Å². The molecule has 0 amide bonds. The van der Waals surface area contributed by atoms with Gasteiger partial charge in [0.05, 0.1) is 12.6 Å². The van der Waals surface area contributed by atoms with Crippen LogP contribution in [0.3, 0.4) is 0 Å². The number of nitrogens with zero attached hydrogens (tertiary/aromatic N) is 1. The number of methoxy groups -OCH3 is 1. The Morgan fingerprint density at radius 1 is 0.952 bits per heavy atom.